The predicted octanol–water partition coefficient (Wildman–Crippen LogP) is 5.41. The molecule has 33 heavy (non-hydrogen) atoms. The number of aromatic amines is 1. The van der Waals surface area contributed by atoms with E-state index in [0.717, 1.165) is 34.1 Å². The third kappa shape index (κ3) is 4.98. The number of carbonyl (C=O) groups is 1. The summed E-state index contributed by atoms with van der Waals surface area (Å²) >= 11 is 0. The van der Waals surface area contributed by atoms with E-state index in [1.807, 2.05) is 67.6 Å². The molecule has 1 heterocycles. The van der Waals surface area contributed by atoms with Gasteiger partial charge in [-0.2, -0.15) is 0 Å². The van der Waals surface area contributed by atoms with Gasteiger partial charge in [0, 0.05) is 16.8 Å². The number of hydrogen-bond donors (Lipinski definition) is 2. The average Bonchev–Trinajstić information content (AvgIpc) is 3.31. The van der Waals surface area contributed by atoms with Crippen LogP contribution in [0.15, 0.2) is 72.8 Å². The fourth-order valence-corrected chi connectivity index (χ4v) is 3.40. The number of methoxy groups -OCH3 is 2. The minimum atomic E-state index is -0.339. The van der Waals surface area contributed by atoms with Crippen molar-refractivity contribution >= 4 is 11.6 Å². The molecule has 0 spiro atoms. The van der Waals surface area contributed by atoms with Crippen LogP contribution >= 0.6 is 0 Å². The van der Waals surface area contributed by atoms with Crippen molar-refractivity contribution in [2.75, 3.05) is 26.1 Å². The van der Waals surface area contributed by atoms with Gasteiger partial charge < -0.3 is 24.5 Å². The second-order valence-corrected chi connectivity index (χ2v) is 7.18. The lowest BCUT2D eigenvalue weighted by Crippen LogP contribution is -2.13. The minimum absolute atomic E-state index is 0.209. The zero-order chi connectivity index (χ0) is 23.2. The van der Waals surface area contributed by atoms with Crippen LogP contribution in [0.4, 0.5) is 5.69 Å². The molecular formula is C26H25N3O4. The molecule has 0 aliphatic heterocycles. The van der Waals surface area contributed by atoms with Crippen LogP contribution in [0, 0.1) is 0 Å². The van der Waals surface area contributed by atoms with Gasteiger partial charge in [-0.15, -0.1) is 0 Å². The summed E-state index contributed by atoms with van der Waals surface area (Å²) < 4.78 is 16.0. The Morgan fingerprint density at radius 1 is 0.818 bits per heavy atom. The first-order valence-corrected chi connectivity index (χ1v) is 10.5. The number of anilines is 1. The second-order valence-electron chi connectivity index (χ2n) is 7.18. The maximum absolute atomic E-state index is 13.0. The highest BCUT2D eigenvalue weighted by Gasteiger charge is 2.19. The smallest absolute Gasteiger partial charge is 0.291 e. The van der Waals surface area contributed by atoms with Gasteiger partial charge in [-0.3, -0.25) is 4.79 Å². The first-order chi connectivity index (χ1) is 16.1. The van der Waals surface area contributed by atoms with Crippen molar-refractivity contribution in [2.24, 2.45) is 0 Å². The van der Waals surface area contributed by atoms with Crippen molar-refractivity contribution in [3.63, 3.8) is 0 Å². The Bertz CT molecular complexity index is 1150. The Morgan fingerprint density at radius 3 is 1.91 bits per heavy atom. The van der Waals surface area contributed by atoms with Gasteiger partial charge in [0.1, 0.15) is 17.2 Å². The highest BCUT2D eigenvalue weighted by atomic mass is 16.5. The Morgan fingerprint density at radius 2 is 1.36 bits per heavy atom. The van der Waals surface area contributed by atoms with Crippen LogP contribution in [0.25, 0.3) is 22.5 Å². The number of rotatable bonds is 8. The number of imidazole rings is 1. The monoisotopic (exact) mass is 443 g/mol. The lowest BCUT2D eigenvalue weighted by atomic mass is 10.0. The van der Waals surface area contributed by atoms with Gasteiger partial charge in [-0.25, -0.2) is 4.98 Å². The maximum Gasteiger partial charge on any atom is 0.291 e. The summed E-state index contributed by atoms with van der Waals surface area (Å²) in [6.45, 7) is 2.51. The Balaban J connectivity index is 1.67. The lowest BCUT2D eigenvalue weighted by Gasteiger charge is -2.06. The van der Waals surface area contributed by atoms with E-state index in [1.165, 1.54) is 0 Å². The summed E-state index contributed by atoms with van der Waals surface area (Å²) in [5.74, 6) is 2.11. The molecule has 4 rings (SSSR count). The summed E-state index contributed by atoms with van der Waals surface area (Å²) in [7, 11) is 3.24. The zero-order valence-electron chi connectivity index (χ0n) is 18.7. The standard InChI is InChI=1S/C26H25N3O4/c1-4-33-22-15-9-19(10-16-22)27-26(30)25-28-23(17-5-11-20(31-2)12-6-17)24(29-25)18-7-13-21(32-3)14-8-18/h5-16H,4H2,1-3H3,(H,27,30)(H,28,29). The zero-order valence-corrected chi connectivity index (χ0v) is 18.7. The fourth-order valence-electron chi connectivity index (χ4n) is 3.40. The summed E-state index contributed by atoms with van der Waals surface area (Å²) in [4.78, 5) is 20.8. The van der Waals surface area contributed by atoms with Gasteiger partial charge in [-0.1, -0.05) is 0 Å². The number of amides is 1. The molecule has 2 N–H and O–H groups in total. The molecule has 0 atom stereocenters. The number of H-pyrrole nitrogens is 1. The maximum atomic E-state index is 13.0. The Kier molecular flexibility index (Phi) is 6.59. The number of aromatic nitrogens is 2. The van der Waals surface area contributed by atoms with Crippen molar-refractivity contribution in [3.8, 4) is 39.8 Å². The molecule has 0 saturated carbocycles. The van der Waals surface area contributed by atoms with Gasteiger partial charge in [0.05, 0.1) is 32.2 Å². The topological polar surface area (TPSA) is 85.5 Å². The first-order valence-electron chi connectivity index (χ1n) is 10.5. The summed E-state index contributed by atoms with van der Waals surface area (Å²) in [6.07, 6.45) is 0. The molecule has 1 aromatic heterocycles. The van der Waals surface area contributed by atoms with Crippen molar-refractivity contribution < 1.29 is 19.0 Å². The quantitative estimate of drug-likeness (QED) is 0.380. The van der Waals surface area contributed by atoms with Crippen molar-refractivity contribution in [2.45, 2.75) is 6.92 Å². The number of ether oxygens (including phenoxy) is 3. The number of benzene rings is 3. The number of carbonyl (C=O) groups excluding carboxylic acids is 1. The normalized spacial score (nSPS) is 10.5. The van der Waals surface area contributed by atoms with E-state index in [4.69, 9.17) is 14.2 Å². The largest absolute Gasteiger partial charge is 0.497 e. The molecule has 0 fully saturated rings. The van der Waals surface area contributed by atoms with E-state index in [2.05, 4.69) is 15.3 Å². The molecule has 7 nitrogen and oxygen atoms in total. The molecule has 0 aliphatic rings. The molecule has 0 bridgehead atoms. The van der Waals surface area contributed by atoms with E-state index in [9.17, 15) is 4.79 Å². The SMILES string of the molecule is CCOc1ccc(NC(=O)c2nc(-c3ccc(OC)cc3)c(-c3ccc(OC)cc3)[nH]2)cc1. The Labute approximate surface area is 192 Å². The fraction of sp³-hybridized carbons (Fsp3) is 0.154. The van der Waals surface area contributed by atoms with Crippen LogP contribution < -0.4 is 19.5 Å². The van der Waals surface area contributed by atoms with Gasteiger partial charge in [-0.05, 0) is 79.7 Å². The van der Waals surface area contributed by atoms with Crippen LogP contribution in [0.5, 0.6) is 17.2 Å². The first kappa shape index (κ1) is 22.0. The van der Waals surface area contributed by atoms with E-state index >= 15 is 0 Å². The van der Waals surface area contributed by atoms with Crippen molar-refractivity contribution in [3.05, 3.63) is 78.6 Å². The van der Waals surface area contributed by atoms with Crippen LogP contribution in [0.2, 0.25) is 0 Å². The van der Waals surface area contributed by atoms with Crippen molar-refractivity contribution in [1.82, 2.24) is 9.97 Å². The summed E-state index contributed by atoms with van der Waals surface area (Å²) in [5, 5.41) is 2.88. The van der Waals surface area contributed by atoms with Crippen LogP contribution in [-0.4, -0.2) is 36.7 Å². The molecule has 0 unspecified atom stereocenters. The molecule has 0 radical (unpaired) electrons. The molecule has 0 saturated heterocycles. The molecule has 4 aromatic rings. The highest BCUT2D eigenvalue weighted by Crippen LogP contribution is 2.32. The third-order valence-corrected chi connectivity index (χ3v) is 5.08. The molecule has 3 aromatic carbocycles. The minimum Gasteiger partial charge on any atom is -0.497 e. The van der Waals surface area contributed by atoms with Crippen LogP contribution in [0.1, 0.15) is 17.5 Å². The molecular weight excluding hydrogens is 418 g/mol. The molecule has 7 heteroatoms. The second kappa shape index (κ2) is 9.91. The van der Waals surface area contributed by atoms with Gasteiger partial charge >= 0.3 is 0 Å². The van der Waals surface area contributed by atoms with Crippen molar-refractivity contribution in [1.29, 1.82) is 0 Å². The molecule has 1 amide bonds. The highest BCUT2D eigenvalue weighted by molar-refractivity contribution is 6.03. The average molecular weight is 444 g/mol. The molecule has 168 valence electrons. The van der Waals surface area contributed by atoms with E-state index in [1.54, 1.807) is 26.4 Å². The summed E-state index contributed by atoms with van der Waals surface area (Å²) in [6, 6.07) is 22.3. The number of nitrogens with one attached hydrogen (secondary N) is 2. The lowest BCUT2D eigenvalue weighted by molar-refractivity contribution is 0.101. The third-order valence-electron chi connectivity index (χ3n) is 5.08. The van der Waals surface area contributed by atoms with Crippen LogP contribution in [0.3, 0.4) is 0 Å². The number of nitrogens with zero attached hydrogens (tertiary/aromatic N) is 1. The predicted molar refractivity (Wildman–Crippen MR) is 128 cm³/mol. The Hall–Kier alpha value is -4.26. The van der Waals surface area contributed by atoms with E-state index in [-0.39, 0.29) is 11.7 Å². The van der Waals surface area contributed by atoms with Crippen LogP contribution in [-0.2, 0) is 0 Å². The van der Waals surface area contributed by atoms with Gasteiger partial charge in [0.25, 0.3) is 5.91 Å². The summed E-state index contributed by atoms with van der Waals surface area (Å²) in [5.41, 5.74) is 3.79. The number of hydrogen-bond acceptors (Lipinski definition) is 5. The van der Waals surface area contributed by atoms with E-state index in [0.29, 0.717) is 18.0 Å². The van der Waals surface area contributed by atoms with E-state index < -0.39 is 0 Å². The molecule has 0 aliphatic carbocycles. The van der Waals surface area contributed by atoms with Gasteiger partial charge in [0.15, 0.2) is 5.82 Å². The van der Waals surface area contributed by atoms with Gasteiger partial charge in [0.2, 0.25) is 0 Å².